The van der Waals surface area contributed by atoms with Crippen LogP contribution in [0.1, 0.15) is 56.1 Å². The zero-order valence-electron chi connectivity index (χ0n) is 22.7. The third-order valence-corrected chi connectivity index (χ3v) is 7.76. The summed E-state index contributed by atoms with van der Waals surface area (Å²) < 4.78 is 40.2. The van der Waals surface area contributed by atoms with Gasteiger partial charge in [-0.15, -0.1) is 0 Å². The average molecular weight is 571 g/mol. The van der Waals surface area contributed by atoms with Gasteiger partial charge in [0.15, 0.2) is 5.75 Å². The first kappa shape index (κ1) is 28.7. The lowest BCUT2D eigenvalue weighted by Gasteiger charge is -2.36. The van der Waals surface area contributed by atoms with Crippen molar-refractivity contribution in [3.8, 4) is 17.2 Å². The number of alkyl halides is 3. The maximum absolute atomic E-state index is 13.2. The van der Waals surface area contributed by atoms with E-state index in [1.54, 1.807) is 0 Å². The van der Waals surface area contributed by atoms with Gasteiger partial charge >= 0.3 is 12.1 Å². The molecule has 2 aromatic carbocycles. The highest BCUT2D eigenvalue weighted by atomic mass is 19.4. The molecule has 1 aromatic heterocycles. The number of nitrogens with one attached hydrogen (secondary N) is 1. The van der Waals surface area contributed by atoms with Gasteiger partial charge in [-0.25, -0.2) is 9.48 Å². The van der Waals surface area contributed by atoms with Crippen molar-refractivity contribution in [2.75, 3.05) is 18.0 Å². The van der Waals surface area contributed by atoms with Gasteiger partial charge in [0.05, 0.1) is 11.9 Å². The van der Waals surface area contributed by atoms with Gasteiger partial charge in [-0.3, -0.25) is 4.79 Å². The number of piperidine rings is 1. The maximum atomic E-state index is 13.2. The second kappa shape index (κ2) is 11.9. The van der Waals surface area contributed by atoms with Crippen LogP contribution in [0.15, 0.2) is 54.9 Å². The number of rotatable bonds is 5. The Morgan fingerprint density at radius 1 is 1.00 bits per heavy atom. The molecule has 0 unspecified atom stereocenters. The predicted molar refractivity (Wildman–Crippen MR) is 147 cm³/mol. The number of fused-ring (bicyclic) bond motifs is 1. The van der Waals surface area contributed by atoms with Gasteiger partial charge in [-0.1, -0.05) is 18.2 Å². The number of anilines is 1. The van der Waals surface area contributed by atoms with Crippen LogP contribution in [0.3, 0.4) is 0 Å². The molecule has 0 spiro atoms. The number of amides is 1. The van der Waals surface area contributed by atoms with Crippen molar-refractivity contribution in [3.63, 3.8) is 0 Å². The van der Waals surface area contributed by atoms with E-state index >= 15 is 0 Å². The molecule has 1 aliphatic carbocycles. The summed E-state index contributed by atoms with van der Waals surface area (Å²) in [4.78, 5) is 24.1. The first-order valence-corrected chi connectivity index (χ1v) is 13.9. The van der Waals surface area contributed by atoms with Crippen LogP contribution in [0.4, 0.5) is 18.9 Å². The molecule has 1 atom stereocenters. The zero-order valence-corrected chi connectivity index (χ0v) is 22.7. The Morgan fingerprint density at radius 2 is 1.66 bits per heavy atom. The minimum absolute atomic E-state index is 0.185. The molecule has 1 amide bonds. The van der Waals surface area contributed by atoms with Crippen LogP contribution in [0.2, 0.25) is 0 Å². The predicted octanol–water partition coefficient (Wildman–Crippen LogP) is 5.84. The van der Waals surface area contributed by atoms with Gasteiger partial charge in [0.1, 0.15) is 11.4 Å². The van der Waals surface area contributed by atoms with E-state index in [1.165, 1.54) is 5.56 Å². The fourth-order valence-electron chi connectivity index (χ4n) is 5.39. The normalized spacial score (nSPS) is 19.1. The number of carboxylic acid groups (broad SMARTS) is 1. The summed E-state index contributed by atoms with van der Waals surface area (Å²) in [6.07, 6.45) is 5.19. The quantitative estimate of drug-likeness (QED) is 0.400. The minimum atomic E-state index is -5.08. The molecule has 3 aromatic rings. The number of hydrogen-bond acceptors (Lipinski definition) is 5. The number of carbonyl (C=O) groups is 2. The molecule has 1 saturated heterocycles. The molecule has 2 N–H and O–H groups in total. The van der Waals surface area contributed by atoms with Crippen LogP contribution in [0, 0.1) is 5.92 Å². The molecule has 3 heterocycles. The van der Waals surface area contributed by atoms with Crippen LogP contribution in [0.25, 0.3) is 5.69 Å². The van der Waals surface area contributed by atoms with Gasteiger partial charge in [0, 0.05) is 23.7 Å². The molecule has 11 heteroatoms. The van der Waals surface area contributed by atoms with Crippen molar-refractivity contribution in [1.82, 2.24) is 15.1 Å². The smallest absolute Gasteiger partial charge is 0.475 e. The van der Waals surface area contributed by atoms with Crippen LogP contribution in [-0.2, 0) is 16.0 Å². The molecule has 3 aliphatic rings. The summed E-state index contributed by atoms with van der Waals surface area (Å²) in [5, 5.41) is 15.3. The number of halogens is 3. The van der Waals surface area contributed by atoms with Crippen LogP contribution >= 0.6 is 0 Å². The van der Waals surface area contributed by atoms with Gasteiger partial charge in [0.2, 0.25) is 5.91 Å². The first-order valence-electron chi connectivity index (χ1n) is 13.9. The highest BCUT2D eigenvalue weighted by Crippen LogP contribution is 2.44. The number of carbonyl (C=O) groups excluding carboxylic acids is 1. The Labute approximate surface area is 236 Å². The zero-order chi connectivity index (χ0) is 29.1. The number of nitrogens with zero attached hydrogens (tertiary/aromatic N) is 3. The Kier molecular flexibility index (Phi) is 8.35. The Bertz CT molecular complexity index is 1380. The topological polar surface area (TPSA) is 96.7 Å². The third-order valence-electron chi connectivity index (χ3n) is 7.76. The molecular weight excluding hydrogens is 537 g/mol. The Morgan fingerprint density at radius 3 is 2.29 bits per heavy atom. The summed E-state index contributed by atoms with van der Waals surface area (Å²) in [6, 6.07) is 14.3. The molecule has 0 bridgehead atoms. The molecule has 218 valence electrons. The van der Waals surface area contributed by atoms with Crippen molar-refractivity contribution < 1.29 is 32.6 Å². The van der Waals surface area contributed by atoms with E-state index in [4.69, 9.17) is 19.7 Å². The van der Waals surface area contributed by atoms with E-state index < -0.39 is 12.1 Å². The number of benzene rings is 2. The molecular formula is C30H33F3N4O4. The van der Waals surface area contributed by atoms with E-state index in [2.05, 4.69) is 30.6 Å². The largest absolute Gasteiger partial charge is 0.490 e. The molecule has 2 fully saturated rings. The summed E-state index contributed by atoms with van der Waals surface area (Å²) in [5.74, 6) is -0.166. The van der Waals surface area contributed by atoms with Crippen molar-refractivity contribution >= 4 is 17.6 Å². The summed E-state index contributed by atoms with van der Waals surface area (Å²) in [7, 11) is 0. The number of carboxylic acids is 1. The van der Waals surface area contributed by atoms with E-state index in [9.17, 15) is 18.0 Å². The lowest BCUT2D eigenvalue weighted by Crippen LogP contribution is -2.43. The van der Waals surface area contributed by atoms with E-state index in [-0.39, 0.29) is 17.9 Å². The maximum Gasteiger partial charge on any atom is 0.490 e. The highest BCUT2D eigenvalue weighted by molar-refractivity contribution is 5.98. The van der Waals surface area contributed by atoms with Crippen LogP contribution in [-0.4, -0.2) is 52.1 Å². The molecule has 41 heavy (non-hydrogen) atoms. The fraction of sp³-hybridized carbons (Fsp3) is 0.433. The lowest BCUT2D eigenvalue weighted by atomic mass is 9.92. The van der Waals surface area contributed by atoms with Crippen molar-refractivity contribution in [2.45, 2.75) is 63.6 Å². The number of hydrogen-bond donors (Lipinski definition) is 2. The standard InChI is InChI=1S/C28H32N4O2.C2HF3O2/c1-19-7-10-24-25(32(19)28(33)21-8-9-21)11-12-26(27(24)34-23-5-3-2-4-6-23)31-18-22(17-30-31)20-13-15-29-16-14-20;3-2(4,5)1(6)7/h2-6,11-12,17-21,29H,7-10,13-16H2,1H3;(H,6,7)/t19-;/m0./s1. The Balaban J connectivity index is 0.000000431. The van der Waals surface area contributed by atoms with E-state index in [0.29, 0.717) is 5.92 Å². The highest BCUT2D eigenvalue weighted by Gasteiger charge is 2.40. The number of aromatic nitrogens is 2. The van der Waals surface area contributed by atoms with Gasteiger partial charge in [0.25, 0.3) is 0 Å². The molecule has 0 radical (unpaired) electrons. The van der Waals surface area contributed by atoms with Crippen molar-refractivity contribution in [2.24, 2.45) is 5.92 Å². The van der Waals surface area contributed by atoms with Gasteiger partial charge < -0.3 is 20.1 Å². The number of ether oxygens (including phenoxy) is 1. The third kappa shape index (κ3) is 6.56. The summed E-state index contributed by atoms with van der Waals surface area (Å²) in [5.41, 5.74) is 4.31. The molecule has 6 rings (SSSR count). The second-order valence-electron chi connectivity index (χ2n) is 10.7. The molecule has 2 aliphatic heterocycles. The monoisotopic (exact) mass is 570 g/mol. The van der Waals surface area contributed by atoms with Crippen molar-refractivity contribution in [1.29, 1.82) is 0 Å². The summed E-state index contributed by atoms with van der Waals surface area (Å²) in [6.45, 7) is 4.27. The van der Waals surface area contributed by atoms with Crippen molar-refractivity contribution in [3.05, 3.63) is 66.0 Å². The Hall–Kier alpha value is -3.86. The molecule has 8 nitrogen and oxygen atoms in total. The van der Waals surface area contributed by atoms with Gasteiger partial charge in [-0.05, 0) is 94.3 Å². The lowest BCUT2D eigenvalue weighted by molar-refractivity contribution is -0.192. The SMILES string of the molecule is C[C@H]1CCc2c(ccc(-n3cc(C4CCNCC4)cn3)c2Oc2ccccc2)N1C(=O)C1CC1.O=C(O)C(F)(F)F. The molecule has 1 saturated carbocycles. The summed E-state index contributed by atoms with van der Waals surface area (Å²) >= 11 is 0. The first-order chi connectivity index (χ1) is 19.6. The van der Waals surface area contributed by atoms with E-state index in [1.807, 2.05) is 46.1 Å². The average Bonchev–Trinajstić information content (AvgIpc) is 3.70. The number of para-hydroxylation sites is 1. The van der Waals surface area contributed by atoms with E-state index in [0.717, 1.165) is 80.1 Å². The van der Waals surface area contributed by atoms with Gasteiger partial charge in [-0.2, -0.15) is 18.3 Å². The minimum Gasteiger partial charge on any atom is -0.475 e. The van der Waals surface area contributed by atoms with Crippen LogP contribution < -0.4 is 15.0 Å². The van der Waals surface area contributed by atoms with Crippen LogP contribution in [0.5, 0.6) is 11.5 Å². The number of aliphatic carboxylic acids is 1. The second-order valence-corrected chi connectivity index (χ2v) is 10.7. The fourth-order valence-corrected chi connectivity index (χ4v) is 5.39.